The molecule has 0 atom stereocenters. The number of nitrogens with one attached hydrogen (secondary N) is 1. The molecule has 110 valence electrons. The zero-order valence-electron chi connectivity index (χ0n) is 11.4. The van der Waals surface area contributed by atoms with E-state index in [1.807, 2.05) is 6.07 Å². The summed E-state index contributed by atoms with van der Waals surface area (Å²) in [6, 6.07) is 5.74. The predicted molar refractivity (Wildman–Crippen MR) is 76.9 cm³/mol. The van der Waals surface area contributed by atoms with Gasteiger partial charge in [0.1, 0.15) is 6.07 Å². The van der Waals surface area contributed by atoms with Crippen LogP contribution in [0.25, 0.3) is 0 Å². The lowest BCUT2D eigenvalue weighted by atomic mass is 9.98. The number of hydrogen-bond donors (Lipinski definition) is 2. The van der Waals surface area contributed by atoms with E-state index in [4.69, 9.17) is 16.9 Å². The van der Waals surface area contributed by atoms with Gasteiger partial charge in [0.05, 0.1) is 21.1 Å². The van der Waals surface area contributed by atoms with Crippen molar-refractivity contribution in [2.45, 2.75) is 37.2 Å². The van der Waals surface area contributed by atoms with Crippen LogP contribution >= 0.6 is 11.6 Å². The Morgan fingerprint density at radius 2 is 2.00 bits per heavy atom. The Balaban J connectivity index is 2.95. The fraction of sp³-hybridized carbons (Fsp3) is 0.462. The Kier molecular flexibility index (Phi) is 5.54. The molecule has 0 radical (unpaired) electrons. The van der Waals surface area contributed by atoms with Crippen LogP contribution in [-0.2, 0) is 10.0 Å². The molecule has 0 aliphatic heterocycles. The predicted octanol–water partition coefficient (Wildman–Crippen LogP) is 2.04. The summed E-state index contributed by atoms with van der Waals surface area (Å²) in [5, 5.41) is 18.9. The monoisotopic (exact) mass is 316 g/mol. The lowest BCUT2D eigenvalue weighted by molar-refractivity contribution is 0.0377. The Labute approximate surface area is 124 Å². The minimum absolute atomic E-state index is 0.0314. The van der Waals surface area contributed by atoms with E-state index in [1.54, 1.807) is 13.8 Å². The normalized spacial score (nSPS) is 12.2. The van der Waals surface area contributed by atoms with Crippen LogP contribution in [0.2, 0.25) is 5.02 Å². The molecule has 1 aromatic carbocycles. The molecule has 0 fully saturated rings. The average Bonchev–Trinajstić information content (AvgIpc) is 2.44. The van der Waals surface area contributed by atoms with E-state index >= 15 is 0 Å². The van der Waals surface area contributed by atoms with Crippen molar-refractivity contribution in [2.75, 3.05) is 6.54 Å². The third kappa shape index (κ3) is 3.93. The molecule has 0 saturated carbocycles. The molecule has 20 heavy (non-hydrogen) atoms. The van der Waals surface area contributed by atoms with E-state index in [-0.39, 0.29) is 22.0 Å². The molecule has 0 aromatic heterocycles. The van der Waals surface area contributed by atoms with Gasteiger partial charge in [-0.1, -0.05) is 25.4 Å². The molecule has 0 aliphatic rings. The molecule has 1 aromatic rings. The summed E-state index contributed by atoms with van der Waals surface area (Å²) in [7, 11) is -3.76. The number of sulfonamides is 1. The summed E-state index contributed by atoms with van der Waals surface area (Å²) >= 11 is 5.82. The summed E-state index contributed by atoms with van der Waals surface area (Å²) in [5.41, 5.74) is -0.854. The van der Waals surface area contributed by atoms with Gasteiger partial charge in [-0.2, -0.15) is 5.26 Å². The summed E-state index contributed by atoms with van der Waals surface area (Å²) in [6.07, 6.45) is 0.889. The standard InChI is InChI=1S/C13H17ClN2O3S/c1-3-13(17,4-2)9-16-20(18,19)11-6-5-10(8-15)12(14)7-11/h5-7,16-17H,3-4,9H2,1-2H3. The first kappa shape index (κ1) is 16.9. The number of hydrogen-bond acceptors (Lipinski definition) is 4. The largest absolute Gasteiger partial charge is 0.389 e. The van der Waals surface area contributed by atoms with Crippen LogP contribution in [-0.4, -0.2) is 25.7 Å². The van der Waals surface area contributed by atoms with Gasteiger partial charge in [-0.25, -0.2) is 13.1 Å². The second-order valence-electron chi connectivity index (χ2n) is 4.51. The third-order valence-electron chi connectivity index (χ3n) is 3.28. The van der Waals surface area contributed by atoms with Crippen molar-refractivity contribution in [3.63, 3.8) is 0 Å². The van der Waals surface area contributed by atoms with Crippen molar-refractivity contribution < 1.29 is 13.5 Å². The maximum absolute atomic E-state index is 12.1. The summed E-state index contributed by atoms with van der Waals surface area (Å²) in [5.74, 6) is 0. The van der Waals surface area contributed by atoms with Crippen LogP contribution in [0, 0.1) is 11.3 Å². The molecular formula is C13H17ClN2O3S. The molecule has 2 N–H and O–H groups in total. The van der Waals surface area contributed by atoms with Gasteiger partial charge < -0.3 is 5.11 Å². The fourth-order valence-corrected chi connectivity index (χ4v) is 3.00. The Morgan fingerprint density at radius 1 is 1.40 bits per heavy atom. The number of nitrogens with zero attached hydrogens (tertiary/aromatic N) is 1. The second-order valence-corrected chi connectivity index (χ2v) is 6.68. The van der Waals surface area contributed by atoms with E-state index in [0.29, 0.717) is 12.8 Å². The SMILES string of the molecule is CCC(O)(CC)CNS(=O)(=O)c1ccc(C#N)c(Cl)c1. The average molecular weight is 317 g/mol. The van der Waals surface area contributed by atoms with Crippen molar-refractivity contribution >= 4 is 21.6 Å². The molecule has 0 bridgehead atoms. The molecule has 0 amide bonds. The van der Waals surface area contributed by atoms with Crippen molar-refractivity contribution in [1.29, 1.82) is 5.26 Å². The minimum atomic E-state index is -3.76. The summed E-state index contributed by atoms with van der Waals surface area (Å²) in [4.78, 5) is -0.0314. The Morgan fingerprint density at radius 3 is 2.45 bits per heavy atom. The number of rotatable bonds is 6. The van der Waals surface area contributed by atoms with Gasteiger partial charge in [0, 0.05) is 6.54 Å². The first-order valence-electron chi connectivity index (χ1n) is 6.19. The van der Waals surface area contributed by atoms with E-state index in [9.17, 15) is 13.5 Å². The first-order valence-corrected chi connectivity index (χ1v) is 8.06. The van der Waals surface area contributed by atoms with Gasteiger partial charge >= 0.3 is 0 Å². The highest BCUT2D eigenvalue weighted by molar-refractivity contribution is 7.89. The minimum Gasteiger partial charge on any atom is -0.389 e. The van der Waals surface area contributed by atoms with E-state index < -0.39 is 15.6 Å². The van der Waals surface area contributed by atoms with Crippen LogP contribution < -0.4 is 4.72 Å². The maximum atomic E-state index is 12.1. The highest BCUT2D eigenvalue weighted by atomic mass is 35.5. The number of nitriles is 1. The molecular weight excluding hydrogens is 300 g/mol. The molecule has 0 saturated heterocycles. The summed E-state index contributed by atoms with van der Waals surface area (Å²) in [6.45, 7) is 3.51. The second kappa shape index (κ2) is 6.55. The molecule has 5 nitrogen and oxygen atoms in total. The van der Waals surface area contributed by atoms with Crippen molar-refractivity contribution in [3.05, 3.63) is 28.8 Å². The zero-order valence-corrected chi connectivity index (χ0v) is 12.9. The number of benzene rings is 1. The first-order chi connectivity index (χ1) is 9.28. The van der Waals surface area contributed by atoms with Gasteiger partial charge in [0.15, 0.2) is 0 Å². The molecule has 0 heterocycles. The number of halogens is 1. The zero-order chi connectivity index (χ0) is 15.4. The Bertz CT molecular complexity index is 619. The smallest absolute Gasteiger partial charge is 0.240 e. The highest BCUT2D eigenvalue weighted by Gasteiger charge is 2.25. The van der Waals surface area contributed by atoms with E-state index in [0.717, 1.165) is 0 Å². The molecule has 1 rings (SSSR count). The Hall–Kier alpha value is -1.13. The van der Waals surface area contributed by atoms with Crippen molar-refractivity contribution in [2.24, 2.45) is 0 Å². The quantitative estimate of drug-likeness (QED) is 0.840. The molecule has 0 spiro atoms. The third-order valence-corrected chi connectivity index (χ3v) is 4.99. The van der Waals surface area contributed by atoms with E-state index in [1.165, 1.54) is 18.2 Å². The van der Waals surface area contributed by atoms with Crippen LogP contribution in [0.1, 0.15) is 32.3 Å². The van der Waals surface area contributed by atoms with Crippen LogP contribution in [0.15, 0.2) is 23.1 Å². The molecule has 7 heteroatoms. The van der Waals surface area contributed by atoms with Crippen molar-refractivity contribution in [1.82, 2.24) is 4.72 Å². The lowest BCUT2D eigenvalue weighted by Crippen LogP contribution is -2.41. The lowest BCUT2D eigenvalue weighted by Gasteiger charge is -2.25. The maximum Gasteiger partial charge on any atom is 0.240 e. The van der Waals surface area contributed by atoms with Crippen LogP contribution in [0.5, 0.6) is 0 Å². The van der Waals surface area contributed by atoms with Gasteiger partial charge in [-0.05, 0) is 31.0 Å². The van der Waals surface area contributed by atoms with Gasteiger partial charge in [-0.15, -0.1) is 0 Å². The van der Waals surface area contributed by atoms with Gasteiger partial charge in [-0.3, -0.25) is 0 Å². The number of aliphatic hydroxyl groups is 1. The van der Waals surface area contributed by atoms with Crippen LogP contribution in [0.4, 0.5) is 0 Å². The van der Waals surface area contributed by atoms with Crippen LogP contribution in [0.3, 0.4) is 0 Å². The van der Waals surface area contributed by atoms with Gasteiger partial charge in [0.2, 0.25) is 10.0 Å². The fourth-order valence-electron chi connectivity index (χ4n) is 1.57. The molecule has 0 aliphatic carbocycles. The van der Waals surface area contributed by atoms with Gasteiger partial charge in [0.25, 0.3) is 0 Å². The van der Waals surface area contributed by atoms with E-state index in [2.05, 4.69) is 4.72 Å². The highest BCUT2D eigenvalue weighted by Crippen LogP contribution is 2.21. The summed E-state index contributed by atoms with van der Waals surface area (Å²) < 4.78 is 26.6. The van der Waals surface area contributed by atoms with Crippen molar-refractivity contribution in [3.8, 4) is 6.07 Å². The molecule has 0 unspecified atom stereocenters. The topological polar surface area (TPSA) is 90.2 Å².